The highest BCUT2D eigenvalue weighted by Crippen LogP contribution is 2.35. The number of amides is 1. The lowest BCUT2D eigenvalue weighted by Gasteiger charge is -2.32. The van der Waals surface area contributed by atoms with E-state index in [0.717, 1.165) is 12.1 Å². The molecular formula is C28H28F4N4O4. The van der Waals surface area contributed by atoms with E-state index in [2.05, 4.69) is 20.2 Å². The molecule has 2 aliphatic heterocycles. The van der Waals surface area contributed by atoms with Crippen LogP contribution in [0.2, 0.25) is 0 Å². The topological polar surface area (TPSA) is 85.8 Å². The molecule has 2 saturated heterocycles. The zero-order valence-electron chi connectivity index (χ0n) is 21.7. The van der Waals surface area contributed by atoms with Crippen LogP contribution in [0.25, 0.3) is 11.1 Å². The predicted octanol–water partition coefficient (Wildman–Crippen LogP) is 5.07. The van der Waals surface area contributed by atoms with Gasteiger partial charge in [0.25, 0.3) is 5.91 Å². The molecule has 0 bridgehead atoms. The number of pyridine rings is 2. The molecule has 0 spiro atoms. The third-order valence-electron chi connectivity index (χ3n) is 6.78. The van der Waals surface area contributed by atoms with Crippen LogP contribution in [0.1, 0.15) is 28.0 Å². The maximum Gasteiger partial charge on any atom is 0.416 e. The van der Waals surface area contributed by atoms with Crippen molar-refractivity contribution in [1.82, 2.24) is 9.97 Å². The quantitative estimate of drug-likeness (QED) is 0.422. The first kappa shape index (κ1) is 27.8. The van der Waals surface area contributed by atoms with Crippen molar-refractivity contribution in [1.29, 1.82) is 0 Å². The van der Waals surface area contributed by atoms with Gasteiger partial charge in [-0.1, -0.05) is 6.07 Å². The molecule has 2 aromatic heterocycles. The number of aryl methyl sites for hydroxylation is 1. The Morgan fingerprint density at radius 3 is 2.62 bits per heavy atom. The van der Waals surface area contributed by atoms with Crippen LogP contribution in [0.5, 0.6) is 5.88 Å². The fourth-order valence-corrected chi connectivity index (χ4v) is 4.60. The van der Waals surface area contributed by atoms with Crippen LogP contribution < -0.4 is 15.0 Å². The molecule has 0 saturated carbocycles. The number of anilines is 2. The van der Waals surface area contributed by atoms with Crippen molar-refractivity contribution in [2.45, 2.75) is 31.8 Å². The SMILES string of the molecule is Cc1ncc(NC(=O)c2cccc(C(F)(F)F)c2)cc1-c1cnc(OC2CCOCC2F)c(N2CCOCC2)c1. The molecule has 1 N–H and O–H groups in total. The predicted molar refractivity (Wildman–Crippen MR) is 139 cm³/mol. The number of hydrogen-bond acceptors (Lipinski definition) is 7. The molecule has 8 nitrogen and oxygen atoms in total. The largest absolute Gasteiger partial charge is 0.470 e. The molecule has 2 unspecified atom stereocenters. The van der Waals surface area contributed by atoms with Gasteiger partial charge < -0.3 is 24.4 Å². The van der Waals surface area contributed by atoms with Gasteiger partial charge in [-0.2, -0.15) is 13.2 Å². The Morgan fingerprint density at radius 1 is 1.07 bits per heavy atom. The third-order valence-corrected chi connectivity index (χ3v) is 6.78. The van der Waals surface area contributed by atoms with E-state index in [0.29, 0.717) is 73.4 Å². The summed E-state index contributed by atoms with van der Waals surface area (Å²) in [6, 6.07) is 7.77. The molecule has 3 aromatic rings. The van der Waals surface area contributed by atoms with E-state index in [9.17, 15) is 22.4 Å². The lowest BCUT2D eigenvalue weighted by molar-refractivity contribution is -0.137. The number of carbonyl (C=O) groups excluding carboxylic acids is 1. The summed E-state index contributed by atoms with van der Waals surface area (Å²) in [7, 11) is 0. The Balaban J connectivity index is 1.43. The molecule has 2 fully saturated rings. The number of alkyl halides is 4. The van der Waals surface area contributed by atoms with E-state index < -0.39 is 29.9 Å². The summed E-state index contributed by atoms with van der Waals surface area (Å²) in [5.41, 5.74) is 1.92. The van der Waals surface area contributed by atoms with Gasteiger partial charge in [-0.25, -0.2) is 9.37 Å². The average molecular weight is 561 g/mol. The van der Waals surface area contributed by atoms with E-state index in [-0.39, 0.29) is 12.2 Å². The summed E-state index contributed by atoms with van der Waals surface area (Å²) in [6.45, 7) is 4.40. The standard InChI is InChI=1S/C28H28F4N4O4/c1-17-22(13-21(15-33-17)35-26(37)18-3-2-4-20(11-18)28(30,31)32)19-12-24(36-6-9-38-10-7-36)27(34-14-19)40-25-5-8-39-16-23(25)29/h2-4,11-15,23,25H,5-10,16H2,1H3,(H,35,37). The minimum atomic E-state index is -4.56. The van der Waals surface area contributed by atoms with Gasteiger partial charge in [-0.05, 0) is 37.3 Å². The van der Waals surface area contributed by atoms with Gasteiger partial charge in [0.05, 0.1) is 43.9 Å². The summed E-state index contributed by atoms with van der Waals surface area (Å²) >= 11 is 0. The van der Waals surface area contributed by atoms with Crippen LogP contribution >= 0.6 is 0 Å². The Labute approximate surface area is 228 Å². The second-order valence-electron chi connectivity index (χ2n) is 9.57. The van der Waals surface area contributed by atoms with Crippen molar-refractivity contribution in [2.75, 3.05) is 49.7 Å². The number of nitrogens with one attached hydrogen (secondary N) is 1. The van der Waals surface area contributed by atoms with E-state index in [4.69, 9.17) is 14.2 Å². The molecule has 40 heavy (non-hydrogen) atoms. The Kier molecular flexibility index (Phi) is 8.17. The summed E-state index contributed by atoms with van der Waals surface area (Å²) in [5.74, 6) is -0.393. The smallest absolute Gasteiger partial charge is 0.416 e. The highest BCUT2D eigenvalue weighted by Gasteiger charge is 2.31. The van der Waals surface area contributed by atoms with Gasteiger partial charge in [-0.15, -0.1) is 0 Å². The van der Waals surface area contributed by atoms with Crippen molar-refractivity contribution < 1.29 is 36.6 Å². The first-order valence-electron chi connectivity index (χ1n) is 12.9. The molecule has 2 aliphatic rings. The van der Waals surface area contributed by atoms with Gasteiger partial charge >= 0.3 is 6.18 Å². The molecule has 4 heterocycles. The number of aromatic nitrogens is 2. The number of ether oxygens (including phenoxy) is 3. The first-order valence-corrected chi connectivity index (χ1v) is 12.9. The van der Waals surface area contributed by atoms with Crippen molar-refractivity contribution in [3.8, 4) is 17.0 Å². The van der Waals surface area contributed by atoms with E-state index in [1.54, 1.807) is 19.2 Å². The number of rotatable bonds is 6. The average Bonchev–Trinajstić information content (AvgIpc) is 2.95. The lowest BCUT2D eigenvalue weighted by atomic mass is 10.0. The number of morpholine rings is 1. The monoisotopic (exact) mass is 560 g/mol. The fraction of sp³-hybridized carbons (Fsp3) is 0.393. The van der Waals surface area contributed by atoms with E-state index in [1.165, 1.54) is 18.3 Å². The number of benzene rings is 1. The second kappa shape index (κ2) is 11.8. The molecular weight excluding hydrogens is 532 g/mol. The maximum absolute atomic E-state index is 14.4. The Morgan fingerprint density at radius 2 is 1.88 bits per heavy atom. The Hall–Kier alpha value is -3.77. The van der Waals surface area contributed by atoms with Crippen LogP contribution in [0.15, 0.2) is 48.8 Å². The van der Waals surface area contributed by atoms with E-state index >= 15 is 0 Å². The third kappa shape index (κ3) is 6.34. The molecule has 212 valence electrons. The number of carbonyl (C=O) groups is 1. The zero-order valence-corrected chi connectivity index (χ0v) is 21.7. The number of hydrogen-bond donors (Lipinski definition) is 1. The summed E-state index contributed by atoms with van der Waals surface area (Å²) in [4.78, 5) is 23.7. The van der Waals surface area contributed by atoms with Crippen molar-refractivity contribution >= 4 is 17.3 Å². The van der Waals surface area contributed by atoms with Gasteiger partial charge in [0, 0.05) is 48.1 Å². The van der Waals surface area contributed by atoms with Crippen LogP contribution in [-0.4, -0.2) is 67.7 Å². The van der Waals surface area contributed by atoms with Crippen molar-refractivity contribution in [3.63, 3.8) is 0 Å². The van der Waals surface area contributed by atoms with Gasteiger partial charge in [0.15, 0.2) is 6.17 Å². The summed E-state index contributed by atoms with van der Waals surface area (Å²) < 4.78 is 70.4. The molecule has 0 radical (unpaired) electrons. The summed E-state index contributed by atoms with van der Waals surface area (Å²) in [6.07, 6.45) is -3.07. The highest BCUT2D eigenvalue weighted by atomic mass is 19.4. The molecule has 12 heteroatoms. The molecule has 0 aliphatic carbocycles. The van der Waals surface area contributed by atoms with Crippen LogP contribution in [0, 0.1) is 6.92 Å². The molecule has 1 aromatic carbocycles. The second-order valence-corrected chi connectivity index (χ2v) is 9.57. The van der Waals surface area contributed by atoms with Crippen molar-refractivity contribution in [3.05, 3.63) is 65.6 Å². The van der Waals surface area contributed by atoms with Gasteiger partial charge in [-0.3, -0.25) is 9.78 Å². The minimum absolute atomic E-state index is 0.0283. The Bertz CT molecular complexity index is 1360. The molecule has 5 rings (SSSR count). The highest BCUT2D eigenvalue weighted by molar-refractivity contribution is 6.04. The van der Waals surface area contributed by atoms with Crippen LogP contribution in [0.4, 0.5) is 28.9 Å². The van der Waals surface area contributed by atoms with Gasteiger partial charge in [0.2, 0.25) is 5.88 Å². The van der Waals surface area contributed by atoms with Crippen molar-refractivity contribution in [2.24, 2.45) is 0 Å². The summed E-state index contributed by atoms with van der Waals surface area (Å²) in [5, 5.41) is 2.63. The molecule has 1 amide bonds. The normalized spacial score (nSPS) is 19.8. The lowest BCUT2D eigenvalue weighted by Crippen LogP contribution is -2.39. The fourth-order valence-electron chi connectivity index (χ4n) is 4.60. The van der Waals surface area contributed by atoms with Crippen LogP contribution in [0.3, 0.4) is 0 Å². The number of nitrogens with zero attached hydrogens (tertiary/aromatic N) is 3. The molecule has 2 atom stereocenters. The van der Waals surface area contributed by atoms with E-state index in [1.807, 2.05) is 6.07 Å². The zero-order chi connectivity index (χ0) is 28.3. The first-order chi connectivity index (χ1) is 19.2. The maximum atomic E-state index is 14.4. The number of halogens is 4. The minimum Gasteiger partial charge on any atom is -0.470 e. The van der Waals surface area contributed by atoms with Gasteiger partial charge in [0.1, 0.15) is 11.8 Å². The van der Waals surface area contributed by atoms with Crippen LogP contribution in [-0.2, 0) is 15.7 Å².